The van der Waals surface area contributed by atoms with Crippen molar-refractivity contribution in [2.75, 3.05) is 31.7 Å². The number of aliphatic imine (C=N–C) groups is 1. The van der Waals surface area contributed by atoms with Gasteiger partial charge < -0.3 is 19.7 Å². The third-order valence-corrected chi connectivity index (χ3v) is 5.55. The molecule has 30 heavy (non-hydrogen) atoms. The van der Waals surface area contributed by atoms with E-state index in [4.69, 9.17) is 9.47 Å². The quantitative estimate of drug-likeness (QED) is 0.614. The Balaban J connectivity index is 1.76. The largest absolute Gasteiger partial charge is 0.493 e. The normalized spacial score (nSPS) is 16.1. The molecule has 1 aliphatic heterocycles. The molecule has 0 radical (unpaired) electrons. The third kappa shape index (κ3) is 5.16. The Kier molecular flexibility index (Phi) is 7.41. The van der Waals surface area contributed by atoms with E-state index in [1.54, 1.807) is 7.11 Å². The summed E-state index contributed by atoms with van der Waals surface area (Å²) in [6.45, 7) is 8.67. The van der Waals surface area contributed by atoms with Crippen LogP contribution in [-0.2, 0) is 4.79 Å². The van der Waals surface area contributed by atoms with Gasteiger partial charge in [-0.25, -0.2) is 4.99 Å². The molecular formula is C23H27N3O3S. The Hall–Kier alpha value is -2.93. The summed E-state index contributed by atoms with van der Waals surface area (Å²) >= 11 is 1.32. The standard InChI is InChI=1S/C23H27N3O3S/c1-5-26(6-2)18-11-9-17(10-12-18)24-23-25-22(27)21(30-23)15-16-8-13-19(29-7-3)20(14-16)28-4/h8-15H,5-7H2,1-4H3,(H,24,25,27)/b21-15-. The number of hydrogen-bond donors (Lipinski definition) is 1. The zero-order valence-corrected chi connectivity index (χ0v) is 18.6. The van der Waals surface area contributed by atoms with Gasteiger partial charge in [-0.2, -0.15) is 0 Å². The number of ether oxygens (including phenoxy) is 2. The van der Waals surface area contributed by atoms with E-state index in [9.17, 15) is 4.79 Å². The van der Waals surface area contributed by atoms with Crippen LogP contribution >= 0.6 is 11.8 Å². The molecule has 2 aromatic carbocycles. The Bertz CT molecular complexity index is 951. The average Bonchev–Trinajstić information content (AvgIpc) is 3.10. The molecular weight excluding hydrogens is 398 g/mol. The number of carbonyl (C=O) groups is 1. The van der Waals surface area contributed by atoms with Crippen LogP contribution in [0.4, 0.5) is 11.4 Å². The number of rotatable bonds is 8. The van der Waals surface area contributed by atoms with Crippen LogP contribution < -0.4 is 19.7 Å². The average molecular weight is 426 g/mol. The van der Waals surface area contributed by atoms with Gasteiger partial charge in [0.1, 0.15) is 0 Å². The monoisotopic (exact) mass is 425 g/mol. The molecule has 6 nitrogen and oxygen atoms in total. The number of nitrogens with zero attached hydrogens (tertiary/aromatic N) is 2. The van der Waals surface area contributed by atoms with Crippen LogP contribution in [0.25, 0.3) is 6.08 Å². The molecule has 0 aliphatic carbocycles. The van der Waals surface area contributed by atoms with Crippen LogP contribution in [0.15, 0.2) is 52.4 Å². The Morgan fingerprint density at radius 2 is 1.80 bits per heavy atom. The zero-order chi connectivity index (χ0) is 21.5. The van der Waals surface area contributed by atoms with Crippen molar-refractivity contribution in [3.05, 3.63) is 52.9 Å². The maximum atomic E-state index is 12.4. The maximum Gasteiger partial charge on any atom is 0.264 e. The molecule has 1 fully saturated rings. The van der Waals surface area contributed by atoms with Crippen molar-refractivity contribution in [2.45, 2.75) is 20.8 Å². The summed E-state index contributed by atoms with van der Waals surface area (Å²) in [6, 6.07) is 13.6. The van der Waals surface area contributed by atoms with E-state index in [1.807, 2.05) is 43.3 Å². The fourth-order valence-corrected chi connectivity index (χ4v) is 3.97. The molecule has 2 aromatic rings. The van der Waals surface area contributed by atoms with Crippen LogP contribution in [0.3, 0.4) is 0 Å². The lowest BCUT2D eigenvalue weighted by atomic mass is 10.2. The van der Waals surface area contributed by atoms with Crippen molar-refractivity contribution in [1.29, 1.82) is 0 Å². The van der Waals surface area contributed by atoms with Crippen LogP contribution in [0.5, 0.6) is 11.5 Å². The summed E-state index contributed by atoms with van der Waals surface area (Å²) in [5.41, 5.74) is 2.83. The number of amides is 1. The topological polar surface area (TPSA) is 63.2 Å². The Morgan fingerprint density at radius 3 is 2.43 bits per heavy atom. The molecule has 1 saturated heterocycles. The van der Waals surface area contributed by atoms with Gasteiger partial charge in [0.05, 0.1) is 24.3 Å². The fraction of sp³-hybridized carbons (Fsp3) is 0.304. The van der Waals surface area contributed by atoms with Gasteiger partial charge in [0.25, 0.3) is 5.91 Å². The number of hydrogen-bond acceptors (Lipinski definition) is 6. The third-order valence-electron chi connectivity index (χ3n) is 4.65. The molecule has 158 valence electrons. The van der Waals surface area contributed by atoms with E-state index in [-0.39, 0.29) is 5.91 Å². The number of nitrogens with one attached hydrogen (secondary N) is 1. The molecule has 0 spiro atoms. The second kappa shape index (κ2) is 10.2. The number of methoxy groups -OCH3 is 1. The van der Waals surface area contributed by atoms with Crippen molar-refractivity contribution < 1.29 is 14.3 Å². The number of carbonyl (C=O) groups excluding carboxylic acids is 1. The lowest BCUT2D eigenvalue weighted by molar-refractivity contribution is -0.115. The first-order valence-electron chi connectivity index (χ1n) is 10.0. The van der Waals surface area contributed by atoms with Gasteiger partial charge in [-0.3, -0.25) is 4.79 Å². The predicted octanol–water partition coefficient (Wildman–Crippen LogP) is 4.83. The van der Waals surface area contributed by atoms with Gasteiger partial charge in [-0.1, -0.05) is 6.07 Å². The molecule has 0 atom stereocenters. The van der Waals surface area contributed by atoms with Crippen molar-refractivity contribution in [1.82, 2.24) is 5.32 Å². The first-order valence-corrected chi connectivity index (χ1v) is 10.8. The summed E-state index contributed by atoms with van der Waals surface area (Å²) in [7, 11) is 1.60. The number of amidine groups is 1. The second-order valence-corrected chi connectivity index (χ2v) is 7.54. The highest BCUT2D eigenvalue weighted by molar-refractivity contribution is 8.18. The van der Waals surface area contributed by atoms with Gasteiger partial charge in [0.15, 0.2) is 16.7 Å². The Labute approximate surface area is 182 Å². The van der Waals surface area contributed by atoms with Gasteiger partial charge in [0.2, 0.25) is 0 Å². The first kappa shape index (κ1) is 21.8. The van der Waals surface area contributed by atoms with Crippen LogP contribution in [0.2, 0.25) is 0 Å². The summed E-state index contributed by atoms with van der Waals surface area (Å²) in [4.78, 5) is 19.8. The highest BCUT2D eigenvalue weighted by atomic mass is 32.2. The molecule has 1 heterocycles. The van der Waals surface area contributed by atoms with Gasteiger partial charge in [-0.15, -0.1) is 0 Å². The molecule has 0 unspecified atom stereocenters. The summed E-state index contributed by atoms with van der Waals surface area (Å²) in [5.74, 6) is 1.16. The number of benzene rings is 2. The van der Waals surface area contributed by atoms with Gasteiger partial charge in [0, 0.05) is 18.8 Å². The van der Waals surface area contributed by atoms with Crippen LogP contribution in [0.1, 0.15) is 26.3 Å². The van der Waals surface area contributed by atoms with Crippen LogP contribution in [0, 0.1) is 0 Å². The SMILES string of the molecule is CCOc1ccc(/C=C2\SC(=Nc3ccc(N(CC)CC)cc3)NC2=O)cc1OC. The lowest BCUT2D eigenvalue weighted by Gasteiger charge is -2.20. The minimum atomic E-state index is -0.161. The minimum absolute atomic E-state index is 0.161. The summed E-state index contributed by atoms with van der Waals surface area (Å²) in [6.07, 6.45) is 1.82. The minimum Gasteiger partial charge on any atom is -0.493 e. The zero-order valence-electron chi connectivity index (χ0n) is 17.8. The molecule has 1 amide bonds. The second-order valence-electron chi connectivity index (χ2n) is 6.51. The predicted molar refractivity (Wildman–Crippen MR) is 125 cm³/mol. The first-order chi connectivity index (χ1) is 14.6. The molecule has 0 aromatic heterocycles. The molecule has 7 heteroatoms. The van der Waals surface area contributed by atoms with E-state index >= 15 is 0 Å². The van der Waals surface area contributed by atoms with Gasteiger partial charge in [-0.05, 0) is 80.6 Å². The fourth-order valence-electron chi connectivity index (χ4n) is 3.12. The molecule has 1 N–H and O–H groups in total. The molecule has 0 bridgehead atoms. The smallest absolute Gasteiger partial charge is 0.264 e. The Morgan fingerprint density at radius 1 is 1.07 bits per heavy atom. The number of thioether (sulfide) groups is 1. The van der Waals surface area contributed by atoms with E-state index < -0.39 is 0 Å². The highest BCUT2D eigenvalue weighted by Crippen LogP contribution is 2.32. The highest BCUT2D eigenvalue weighted by Gasteiger charge is 2.24. The van der Waals surface area contributed by atoms with Gasteiger partial charge >= 0.3 is 0 Å². The van der Waals surface area contributed by atoms with E-state index in [2.05, 4.69) is 41.2 Å². The summed E-state index contributed by atoms with van der Waals surface area (Å²) in [5, 5.41) is 3.40. The molecule has 3 rings (SSSR count). The molecule has 1 aliphatic rings. The lowest BCUT2D eigenvalue weighted by Crippen LogP contribution is -2.21. The van der Waals surface area contributed by atoms with E-state index in [1.165, 1.54) is 11.8 Å². The van der Waals surface area contributed by atoms with Crippen LogP contribution in [-0.4, -0.2) is 37.9 Å². The van der Waals surface area contributed by atoms with E-state index in [0.717, 1.165) is 30.0 Å². The van der Waals surface area contributed by atoms with Crippen molar-refractivity contribution in [3.8, 4) is 11.5 Å². The molecule has 0 saturated carbocycles. The maximum absolute atomic E-state index is 12.4. The van der Waals surface area contributed by atoms with Crippen molar-refractivity contribution in [2.24, 2.45) is 4.99 Å². The van der Waals surface area contributed by atoms with Crippen molar-refractivity contribution >= 4 is 40.3 Å². The summed E-state index contributed by atoms with van der Waals surface area (Å²) < 4.78 is 10.9. The number of anilines is 1. The van der Waals surface area contributed by atoms with Crippen molar-refractivity contribution in [3.63, 3.8) is 0 Å². The van der Waals surface area contributed by atoms with E-state index in [0.29, 0.717) is 28.2 Å².